The fraction of sp³-hybridized carbons (Fsp3) is 0.867. The van der Waals surface area contributed by atoms with Crippen molar-refractivity contribution in [3.63, 3.8) is 0 Å². The highest BCUT2D eigenvalue weighted by Crippen LogP contribution is 2.29. The maximum atomic E-state index is 12.2. The number of carbonyl (C=O) groups excluding carboxylic acids is 1. The molecule has 1 fully saturated rings. The molecule has 0 aliphatic carbocycles. The number of rotatable bonds is 6. The Labute approximate surface area is 126 Å². The zero-order chi connectivity index (χ0) is 16.1. The first kappa shape index (κ1) is 17.8. The number of carboxylic acids is 1. The lowest BCUT2D eigenvalue weighted by molar-refractivity contribution is -0.150. The van der Waals surface area contributed by atoms with Crippen molar-refractivity contribution in [2.75, 3.05) is 33.4 Å². The molecule has 2 amide bonds. The first-order valence-electron chi connectivity index (χ1n) is 7.45. The monoisotopic (exact) mass is 300 g/mol. The van der Waals surface area contributed by atoms with Crippen molar-refractivity contribution in [2.24, 2.45) is 10.8 Å². The average molecular weight is 300 g/mol. The van der Waals surface area contributed by atoms with Gasteiger partial charge < -0.3 is 20.1 Å². The van der Waals surface area contributed by atoms with Crippen LogP contribution in [0.1, 0.15) is 40.0 Å². The molecule has 122 valence electrons. The van der Waals surface area contributed by atoms with Gasteiger partial charge in [-0.1, -0.05) is 13.8 Å². The second-order valence-electron chi connectivity index (χ2n) is 6.96. The molecule has 2 N–H and O–H groups in total. The molecule has 0 aromatic rings. The van der Waals surface area contributed by atoms with E-state index >= 15 is 0 Å². The average Bonchev–Trinajstić information content (AvgIpc) is 2.42. The van der Waals surface area contributed by atoms with Crippen LogP contribution in [0.2, 0.25) is 0 Å². The Morgan fingerprint density at radius 1 is 1.43 bits per heavy atom. The Morgan fingerprint density at radius 3 is 2.67 bits per heavy atom. The van der Waals surface area contributed by atoms with Gasteiger partial charge in [-0.25, -0.2) is 4.79 Å². The Hall–Kier alpha value is -1.30. The van der Waals surface area contributed by atoms with Crippen LogP contribution in [0.25, 0.3) is 0 Å². The van der Waals surface area contributed by atoms with Crippen molar-refractivity contribution in [2.45, 2.75) is 40.0 Å². The van der Waals surface area contributed by atoms with E-state index in [1.54, 1.807) is 18.9 Å². The maximum Gasteiger partial charge on any atom is 0.317 e. The van der Waals surface area contributed by atoms with Crippen LogP contribution in [0.4, 0.5) is 4.79 Å². The molecule has 1 heterocycles. The van der Waals surface area contributed by atoms with Crippen molar-refractivity contribution < 1.29 is 19.4 Å². The van der Waals surface area contributed by atoms with E-state index in [2.05, 4.69) is 19.2 Å². The number of carbonyl (C=O) groups is 2. The smallest absolute Gasteiger partial charge is 0.317 e. The molecule has 21 heavy (non-hydrogen) atoms. The lowest BCUT2D eigenvalue weighted by Crippen LogP contribution is -2.52. The summed E-state index contributed by atoms with van der Waals surface area (Å²) in [5, 5.41) is 12.2. The predicted octanol–water partition coefficient (Wildman–Crippen LogP) is 1.95. The predicted molar refractivity (Wildman–Crippen MR) is 80.2 cm³/mol. The molecular weight excluding hydrogens is 272 g/mol. The van der Waals surface area contributed by atoms with Gasteiger partial charge in [0.1, 0.15) is 0 Å². The first-order chi connectivity index (χ1) is 9.70. The Bertz CT molecular complexity index is 384. The fourth-order valence-electron chi connectivity index (χ4n) is 2.48. The van der Waals surface area contributed by atoms with E-state index in [1.165, 1.54) is 0 Å². The van der Waals surface area contributed by atoms with E-state index in [4.69, 9.17) is 4.74 Å². The number of aliphatic carboxylic acids is 1. The summed E-state index contributed by atoms with van der Waals surface area (Å²) in [6, 6.07) is -0.173. The summed E-state index contributed by atoms with van der Waals surface area (Å²) in [5.41, 5.74) is -0.876. The van der Waals surface area contributed by atoms with Crippen molar-refractivity contribution in [3.8, 4) is 0 Å². The van der Waals surface area contributed by atoms with E-state index in [0.717, 1.165) is 12.8 Å². The molecule has 6 nitrogen and oxygen atoms in total. The molecule has 1 saturated heterocycles. The minimum absolute atomic E-state index is 0.0441. The van der Waals surface area contributed by atoms with Crippen molar-refractivity contribution in [1.29, 1.82) is 0 Å². The van der Waals surface area contributed by atoms with E-state index in [9.17, 15) is 14.7 Å². The van der Waals surface area contributed by atoms with E-state index in [1.807, 2.05) is 0 Å². The molecule has 0 spiro atoms. The summed E-state index contributed by atoms with van der Waals surface area (Å²) >= 11 is 0. The Kier molecular flexibility index (Phi) is 6.01. The summed E-state index contributed by atoms with van der Waals surface area (Å²) in [5.74, 6) is -0.833. The van der Waals surface area contributed by atoms with Gasteiger partial charge in [0.25, 0.3) is 0 Å². The van der Waals surface area contributed by atoms with E-state index in [-0.39, 0.29) is 18.0 Å². The van der Waals surface area contributed by atoms with Gasteiger partial charge in [0.15, 0.2) is 0 Å². The third-order valence-corrected chi connectivity index (χ3v) is 4.20. The highest BCUT2D eigenvalue weighted by Gasteiger charge is 2.39. The number of methoxy groups -OCH3 is 1. The number of amides is 2. The van der Waals surface area contributed by atoms with Gasteiger partial charge in [-0.05, 0) is 31.6 Å². The van der Waals surface area contributed by atoms with Crippen LogP contribution in [0.3, 0.4) is 0 Å². The van der Waals surface area contributed by atoms with Crippen LogP contribution < -0.4 is 5.32 Å². The molecule has 1 unspecified atom stereocenters. The van der Waals surface area contributed by atoms with Crippen molar-refractivity contribution >= 4 is 12.0 Å². The normalized spacial score (nSPS) is 23.0. The van der Waals surface area contributed by atoms with Gasteiger partial charge in [-0.15, -0.1) is 0 Å². The van der Waals surface area contributed by atoms with Crippen molar-refractivity contribution in [1.82, 2.24) is 10.2 Å². The summed E-state index contributed by atoms with van der Waals surface area (Å²) in [6.45, 7) is 7.95. The molecular formula is C15H28N2O4. The number of piperidine rings is 1. The fourth-order valence-corrected chi connectivity index (χ4v) is 2.48. The number of hydrogen-bond donors (Lipinski definition) is 2. The summed E-state index contributed by atoms with van der Waals surface area (Å²) in [7, 11) is 1.66. The highest BCUT2D eigenvalue weighted by molar-refractivity contribution is 5.78. The van der Waals surface area contributed by atoms with Gasteiger partial charge in [0, 0.05) is 33.4 Å². The summed E-state index contributed by atoms with van der Waals surface area (Å²) in [4.78, 5) is 25.1. The molecule has 0 aromatic carbocycles. The number of urea groups is 1. The number of likely N-dealkylation sites (tertiary alicyclic amines) is 1. The highest BCUT2D eigenvalue weighted by atomic mass is 16.5. The Balaban J connectivity index is 2.50. The molecule has 1 rings (SSSR count). The number of carboxylic acid groups (broad SMARTS) is 1. The van der Waals surface area contributed by atoms with Crippen LogP contribution in [-0.2, 0) is 9.53 Å². The molecule has 6 heteroatoms. The van der Waals surface area contributed by atoms with Crippen LogP contribution in [0.15, 0.2) is 0 Å². The minimum atomic E-state index is -0.833. The zero-order valence-corrected chi connectivity index (χ0v) is 13.6. The minimum Gasteiger partial charge on any atom is -0.481 e. The molecule has 0 saturated carbocycles. The van der Waals surface area contributed by atoms with Gasteiger partial charge in [-0.2, -0.15) is 0 Å². The lowest BCUT2D eigenvalue weighted by Gasteiger charge is -2.38. The third-order valence-electron chi connectivity index (χ3n) is 4.20. The maximum absolute atomic E-state index is 12.2. The first-order valence-corrected chi connectivity index (χ1v) is 7.45. The molecule has 0 radical (unpaired) electrons. The number of ether oxygens (including phenoxy) is 1. The van der Waals surface area contributed by atoms with Gasteiger partial charge >= 0.3 is 12.0 Å². The second kappa shape index (κ2) is 7.11. The zero-order valence-electron chi connectivity index (χ0n) is 13.6. The van der Waals surface area contributed by atoms with Gasteiger partial charge in [0.2, 0.25) is 0 Å². The topological polar surface area (TPSA) is 78.9 Å². The van der Waals surface area contributed by atoms with Crippen LogP contribution >= 0.6 is 0 Å². The molecule has 1 aliphatic rings. The van der Waals surface area contributed by atoms with Crippen LogP contribution in [-0.4, -0.2) is 55.4 Å². The molecule has 0 aromatic heterocycles. The Morgan fingerprint density at radius 2 is 2.10 bits per heavy atom. The van der Waals surface area contributed by atoms with Gasteiger partial charge in [-0.3, -0.25) is 4.79 Å². The number of nitrogens with one attached hydrogen (secondary N) is 1. The standard InChI is InChI=1S/C15H28N2O4/c1-14(2,7-9-21-4)10-16-13(20)17-8-5-6-15(3,11-17)12(18)19/h5-11H2,1-4H3,(H,16,20)(H,18,19). The number of nitrogens with zero attached hydrogens (tertiary/aromatic N) is 1. The van der Waals surface area contributed by atoms with Gasteiger partial charge in [0.05, 0.1) is 5.41 Å². The lowest BCUT2D eigenvalue weighted by atomic mass is 9.82. The molecule has 0 bridgehead atoms. The quantitative estimate of drug-likeness (QED) is 0.786. The van der Waals surface area contributed by atoms with Crippen LogP contribution in [0.5, 0.6) is 0 Å². The van der Waals surface area contributed by atoms with E-state index in [0.29, 0.717) is 26.1 Å². The largest absolute Gasteiger partial charge is 0.481 e. The van der Waals surface area contributed by atoms with E-state index < -0.39 is 11.4 Å². The second-order valence-corrected chi connectivity index (χ2v) is 6.96. The summed E-state index contributed by atoms with van der Waals surface area (Å²) < 4.78 is 5.07. The number of hydrogen-bond acceptors (Lipinski definition) is 3. The van der Waals surface area contributed by atoms with Crippen LogP contribution in [0, 0.1) is 10.8 Å². The SMILES string of the molecule is COCCC(C)(C)CNC(=O)N1CCCC(C)(C(=O)O)C1. The molecule has 1 aliphatic heterocycles. The van der Waals surface area contributed by atoms with Crippen molar-refractivity contribution in [3.05, 3.63) is 0 Å². The molecule has 1 atom stereocenters. The summed E-state index contributed by atoms with van der Waals surface area (Å²) in [6.07, 6.45) is 2.20. The third kappa shape index (κ3) is 5.19.